The number of hydrogen-bond donors (Lipinski definition) is 0. The van der Waals surface area contributed by atoms with E-state index in [1.54, 1.807) is 11.8 Å². The van der Waals surface area contributed by atoms with Crippen LogP contribution in [0.2, 0.25) is 0 Å². The van der Waals surface area contributed by atoms with Crippen LogP contribution in [0.3, 0.4) is 0 Å². The van der Waals surface area contributed by atoms with Crippen molar-refractivity contribution in [3.63, 3.8) is 0 Å². The highest BCUT2D eigenvalue weighted by Gasteiger charge is 2.04. The van der Waals surface area contributed by atoms with E-state index in [1.807, 2.05) is 11.4 Å². The van der Waals surface area contributed by atoms with Crippen LogP contribution in [0.15, 0.2) is 39.4 Å². The third-order valence-corrected chi connectivity index (χ3v) is 4.42. The molecule has 3 heteroatoms. The Morgan fingerprint density at radius 3 is 2.75 bits per heavy atom. The van der Waals surface area contributed by atoms with Crippen molar-refractivity contribution >= 4 is 29.4 Å². The molecule has 0 aliphatic rings. The zero-order valence-electron chi connectivity index (χ0n) is 9.19. The first-order valence-corrected chi connectivity index (χ1v) is 6.67. The first-order valence-electron chi connectivity index (χ1n) is 4.98. The van der Waals surface area contributed by atoms with Gasteiger partial charge in [-0.15, -0.1) is 11.3 Å². The molecule has 0 amide bonds. The highest BCUT2D eigenvalue weighted by Crippen LogP contribution is 2.33. The van der Waals surface area contributed by atoms with Crippen LogP contribution in [0.25, 0.3) is 0 Å². The molecule has 0 fully saturated rings. The van der Waals surface area contributed by atoms with Crippen molar-refractivity contribution in [2.45, 2.75) is 23.6 Å². The topological polar surface area (TPSA) is 17.1 Å². The Morgan fingerprint density at radius 1 is 1.25 bits per heavy atom. The normalized spacial score (nSPS) is 10.4. The third kappa shape index (κ3) is 2.54. The fourth-order valence-corrected chi connectivity index (χ4v) is 3.29. The van der Waals surface area contributed by atoms with Crippen LogP contribution in [0.4, 0.5) is 0 Å². The van der Waals surface area contributed by atoms with E-state index in [4.69, 9.17) is 0 Å². The van der Waals surface area contributed by atoms with Gasteiger partial charge in [0.05, 0.1) is 4.88 Å². The van der Waals surface area contributed by atoms with Gasteiger partial charge in [0.1, 0.15) is 0 Å². The second kappa shape index (κ2) is 4.85. The van der Waals surface area contributed by atoms with E-state index in [1.165, 1.54) is 27.4 Å². The first kappa shape index (κ1) is 11.4. The van der Waals surface area contributed by atoms with Gasteiger partial charge in [0.25, 0.3) is 0 Å². The van der Waals surface area contributed by atoms with Crippen molar-refractivity contribution in [3.05, 3.63) is 45.6 Å². The monoisotopic (exact) mass is 248 g/mol. The second-order valence-corrected chi connectivity index (χ2v) is 5.73. The summed E-state index contributed by atoms with van der Waals surface area (Å²) in [6.45, 7) is 4.20. The highest BCUT2D eigenvalue weighted by atomic mass is 32.2. The first-order chi connectivity index (χ1) is 7.69. The number of aryl methyl sites for hydroxylation is 2. The summed E-state index contributed by atoms with van der Waals surface area (Å²) >= 11 is 3.21. The molecule has 0 spiro atoms. The zero-order valence-corrected chi connectivity index (χ0v) is 10.8. The molecule has 16 heavy (non-hydrogen) atoms. The van der Waals surface area contributed by atoms with Gasteiger partial charge in [-0.05, 0) is 37.1 Å². The molecule has 0 unspecified atom stereocenters. The molecule has 1 aromatic carbocycles. The van der Waals surface area contributed by atoms with E-state index in [0.717, 1.165) is 16.1 Å². The molecule has 0 bridgehead atoms. The summed E-state index contributed by atoms with van der Waals surface area (Å²) in [5.41, 5.74) is 2.54. The minimum absolute atomic E-state index is 0.785. The Bertz CT molecular complexity index is 514. The highest BCUT2D eigenvalue weighted by molar-refractivity contribution is 7.99. The second-order valence-electron chi connectivity index (χ2n) is 3.67. The summed E-state index contributed by atoms with van der Waals surface area (Å²) in [5.74, 6) is 0. The Balaban J connectivity index is 2.26. The molecular formula is C13H12OS2. The maximum atomic E-state index is 10.6. The van der Waals surface area contributed by atoms with E-state index < -0.39 is 0 Å². The fourth-order valence-electron chi connectivity index (χ4n) is 1.39. The Hall–Kier alpha value is -1.06. The van der Waals surface area contributed by atoms with Gasteiger partial charge in [0.15, 0.2) is 6.29 Å². The van der Waals surface area contributed by atoms with Crippen molar-refractivity contribution in [1.82, 2.24) is 0 Å². The largest absolute Gasteiger partial charge is 0.297 e. The predicted octanol–water partition coefficient (Wildman–Crippen LogP) is 4.33. The van der Waals surface area contributed by atoms with Crippen molar-refractivity contribution in [3.8, 4) is 0 Å². The number of benzene rings is 1. The molecular weight excluding hydrogens is 236 g/mol. The summed E-state index contributed by atoms with van der Waals surface area (Å²) in [5, 5.41) is 2.02. The van der Waals surface area contributed by atoms with Crippen LogP contribution in [0.1, 0.15) is 20.8 Å². The number of rotatable bonds is 3. The Kier molecular flexibility index (Phi) is 3.46. The van der Waals surface area contributed by atoms with Crippen LogP contribution < -0.4 is 0 Å². The molecule has 2 rings (SSSR count). The SMILES string of the molecule is Cc1ccc(C)c(Sc2csc(C=O)c2)c1. The molecule has 0 radical (unpaired) electrons. The molecule has 0 aliphatic heterocycles. The molecule has 0 N–H and O–H groups in total. The third-order valence-electron chi connectivity index (χ3n) is 2.28. The molecule has 82 valence electrons. The van der Waals surface area contributed by atoms with E-state index in [-0.39, 0.29) is 0 Å². The summed E-state index contributed by atoms with van der Waals surface area (Å²) in [4.78, 5) is 13.8. The van der Waals surface area contributed by atoms with Crippen molar-refractivity contribution < 1.29 is 4.79 Å². The predicted molar refractivity (Wildman–Crippen MR) is 69.7 cm³/mol. The standard InChI is InChI=1S/C13H12OS2/c1-9-3-4-10(2)13(5-9)16-12-6-11(7-14)15-8-12/h3-8H,1-2H3. The molecule has 1 heterocycles. The average molecular weight is 248 g/mol. The summed E-state index contributed by atoms with van der Waals surface area (Å²) in [6.07, 6.45) is 0.901. The zero-order chi connectivity index (χ0) is 11.5. The van der Waals surface area contributed by atoms with E-state index in [2.05, 4.69) is 32.0 Å². The van der Waals surface area contributed by atoms with Gasteiger partial charge in [-0.3, -0.25) is 4.79 Å². The van der Waals surface area contributed by atoms with E-state index in [9.17, 15) is 4.79 Å². The molecule has 0 aliphatic carbocycles. The molecule has 0 atom stereocenters. The fraction of sp³-hybridized carbons (Fsp3) is 0.154. The smallest absolute Gasteiger partial charge is 0.160 e. The van der Waals surface area contributed by atoms with Crippen molar-refractivity contribution in [2.24, 2.45) is 0 Å². The minimum Gasteiger partial charge on any atom is -0.297 e. The Labute approximate surface area is 104 Å². The lowest BCUT2D eigenvalue weighted by atomic mass is 10.2. The maximum absolute atomic E-state index is 10.6. The van der Waals surface area contributed by atoms with Gasteiger partial charge in [-0.2, -0.15) is 0 Å². The van der Waals surface area contributed by atoms with Crippen molar-refractivity contribution in [1.29, 1.82) is 0 Å². The van der Waals surface area contributed by atoms with Gasteiger partial charge in [-0.1, -0.05) is 23.9 Å². The van der Waals surface area contributed by atoms with Crippen LogP contribution in [0.5, 0.6) is 0 Å². The minimum atomic E-state index is 0.785. The number of aldehydes is 1. The van der Waals surface area contributed by atoms with Crippen molar-refractivity contribution in [2.75, 3.05) is 0 Å². The van der Waals surface area contributed by atoms with Gasteiger partial charge in [0.2, 0.25) is 0 Å². The lowest BCUT2D eigenvalue weighted by Gasteiger charge is -2.04. The molecule has 0 saturated carbocycles. The van der Waals surface area contributed by atoms with Gasteiger partial charge < -0.3 is 0 Å². The van der Waals surface area contributed by atoms with E-state index in [0.29, 0.717) is 0 Å². The maximum Gasteiger partial charge on any atom is 0.160 e. The van der Waals surface area contributed by atoms with E-state index >= 15 is 0 Å². The number of carbonyl (C=O) groups excluding carboxylic acids is 1. The van der Waals surface area contributed by atoms with Gasteiger partial charge in [-0.25, -0.2) is 0 Å². The number of hydrogen-bond acceptors (Lipinski definition) is 3. The Morgan fingerprint density at radius 2 is 2.06 bits per heavy atom. The lowest BCUT2D eigenvalue weighted by Crippen LogP contribution is -1.80. The van der Waals surface area contributed by atoms with Crippen LogP contribution >= 0.6 is 23.1 Å². The van der Waals surface area contributed by atoms with Gasteiger partial charge >= 0.3 is 0 Å². The molecule has 2 aromatic rings. The average Bonchev–Trinajstić information content (AvgIpc) is 2.71. The number of thiophene rings is 1. The summed E-state index contributed by atoms with van der Waals surface area (Å²) in [6, 6.07) is 8.36. The van der Waals surface area contributed by atoms with Crippen LogP contribution in [-0.2, 0) is 0 Å². The quantitative estimate of drug-likeness (QED) is 0.752. The number of carbonyl (C=O) groups is 1. The summed E-state index contributed by atoms with van der Waals surface area (Å²) < 4.78 is 0. The van der Waals surface area contributed by atoms with Gasteiger partial charge in [0, 0.05) is 15.2 Å². The molecule has 1 nitrogen and oxygen atoms in total. The van der Waals surface area contributed by atoms with Crippen LogP contribution in [-0.4, -0.2) is 6.29 Å². The molecule has 1 aromatic heterocycles. The van der Waals surface area contributed by atoms with Crippen LogP contribution in [0, 0.1) is 13.8 Å². The molecule has 0 saturated heterocycles. The lowest BCUT2D eigenvalue weighted by molar-refractivity contribution is 0.112. The summed E-state index contributed by atoms with van der Waals surface area (Å²) in [7, 11) is 0.